The topological polar surface area (TPSA) is 105 Å². The van der Waals surface area contributed by atoms with Gasteiger partial charge in [0.15, 0.2) is 0 Å². The molecule has 0 radical (unpaired) electrons. The third-order valence-electron chi connectivity index (χ3n) is 4.94. The summed E-state index contributed by atoms with van der Waals surface area (Å²) in [7, 11) is 1.52. The van der Waals surface area contributed by atoms with Crippen LogP contribution in [0.5, 0.6) is 0 Å². The van der Waals surface area contributed by atoms with Gasteiger partial charge in [-0.2, -0.15) is 0 Å². The van der Waals surface area contributed by atoms with Gasteiger partial charge in [-0.25, -0.2) is 14.2 Å². The molecule has 1 aliphatic rings. The first-order valence-corrected chi connectivity index (χ1v) is 9.59. The smallest absolute Gasteiger partial charge is 0.414 e. The summed E-state index contributed by atoms with van der Waals surface area (Å²) in [5, 5.41) is 5.11. The average molecular weight is 425 g/mol. The van der Waals surface area contributed by atoms with Crippen LogP contribution in [0.4, 0.5) is 14.9 Å². The zero-order chi connectivity index (χ0) is 22.1. The van der Waals surface area contributed by atoms with Gasteiger partial charge in [-0.05, 0) is 30.3 Å². The lowest BCUT2D eigenvalue weighted by Crippen LogP contribution is -2.33. The molecule has 3 heterocycles. The van der Waals surface area contributed by atoms with E-state index in [1.807, 2.05) is 0 Å². The number of amides is 3. The van der Waals surface area contributed by atoms with Crippen LogP contribution in [0.3, 0.4) is 0 Å². The van der Waals surface area contributed by atoms with E-state index in [1.165, 1.54) is 24.9 Å². The van der Waals surface area contributed by atoms with E-state index in [4.69, 9.17) is 4.74 Å². The molecular weight excluding hydrogens is 405 g/mol. The number of fused-ring (bicyclic) bond motifs is 1. The summed E-state index contributed by atoms with van der Waals surface area (Å²) in [5.74, 6) is -1.04. The summed E-state index contributed by atoms with van der Waals surface area (Å²) in [6, 6.07) is 7.89. The standard InChI is InChI=1S/C21H20FN5O4/c1-12(28)24-8-15-10-27(21(30)31-15)14-4-5-16(17(22)7-14)13-3-6-19-25-18(20(29)23-2)11-26(19)9-13/h3-7,9,11,15H,8,10H2,1-2H3,(H,23,29)(H,24,28)/t15-/m0/s1. The zero-order valence-corrected chi connectivity index (χ0v) is 16.9. The van der Waals surface area contributed by atoms with Crippen molar-refractivity contribution in [2.45, 2.75) is 13.0 Å². The average Bonchev–Trinajstić information content (AvgIpc) is 3.34. The van der Waals surface area contributed by atoms with Crippen LogP contribution in [-0.4, -0.2) is 53.5 Å². The first-order chi connectivity index (χ1) is 14.9. The number of carbonyl (C=O) groups excluding carboxylic acids is 3. The summed E-state index contributed by atoms with van der Waals surface area (Å²) in [5.41, 5.74) is 2.11. The minimum absolute atomic E-state index is 0.196. The van der Waals surface area contributed by atoms with E-state index in [9.17, 15) is 18.8 Å². The number of hydrogen-bond acceptors (Lipinski definition) is 5. The number of ether oxygens (including phenoxy) is 1. The lowest BCUT2D eigenvalue weighted by Gasteiger charge is -2.14. The fraction of sp³-hybridized carbons (Fsp3) is 0.238. The maximum Gasteiger partial charge on any atom is 0.414 e. The van der Waals surface area contributed by atoms with E-state index in [-0.39, 0.29) is 30.6 Å². The number of aromatic nitrogens is 2. The number of cyclic esters (lactones) is 1. The lowest BCUT2D eigenvalue weighted by molar-refractivity contribution is -0.119. The number of nitrogens with one attached hydrogen (secondary N) is 2. The van der Waals surface area contributed by atoms with E-state index < -0.39 is 18.0 Å². The van der Waals surface area contributed by atoms with Gasteiger partial charge in [0.2, 0.25) is 5.91 Å². The van der Waals surface area contributed by atoms with Crippen molar-refractivity contribution < 1.29 is 23.5 Å². The van der Waals surface area contributed by atoms with Gasteiger partial charge in [0.25, 0.3) is 5.91 Å². The maximum atomic E-state index is 14.9. The van der Waals surface area contributed by atoms with Gasteiger partial charge in [0.05, 0.1) is 18.8 Å². The number of nitrogens with zero attached hydrogens (tertiary/aromatic N) is 3. The summed E-state index contributed by atoms with van der Waals surface area (Å²) >= 11 is 0. The Morgan fingerprint density at radius 2 is 2.06 bits per heavy atom. The molecule has 0 spiro atoms. The van der Waals surface area contributed by atoms with Crippen LogP contribution in [0.2, 0.25) is 0 Å². The number of hydrogen-bond donors (Lipinski definition) is 2. The van der Waals surface area contributed by atoms with Gasteiger partial charge < -0.3 is 19.8 Å². The quantitative estimate of drug-likeness (QED) is 0.650. The molecule has 4 rings (SSSR count). The van der Waals surface area contributed by atoms with Gasteiger partial charge in [0.1, 0.15) is 23.3 Å². The highest BCUT2D eigenvalue weighted by molar-refractivity contribution is 5.93. The fourth-order valence-corrected chi connectivity index (χ4v) is 3.39. The van der Waals surface area contributed by atoms with E-state index in [0.717, 1.165) is 0 Å². The van der Waals surface area contributed by atoms with E-state index in [0.29, 0.717) is 22.5 Å². The summed E-state index contributed by atoms with van der Waals surface area (Å²) in [6.45, 7) is 1.78. The van der Waals surface area contributed by atoms with Crippen molar-refractivity contribution in [1.29, 1.82) is 0 Å². The van der Waals surface area contributed by atoms with Gasteiger partial charge in [-0.1, -0.05) is 0 Å². The second kappa shape index (κ2) is 8.05. The molecule has 2 N–H and O–H groups in total. The van der Waals surface area contributed by atoms with Crippen molar-refractivity contribution in [2.24, 2.45) is 0 Å². The monoisotopic (exact) mass is 425 g/mol. The van der Waals surface area contributed by atoms with Crippen molar-refractivity contribution in [3.8, 4) is 11.1 Å². The van der Waals surface area contributed by atoms with Crippen molar-refractivity contribution in [2.75, 3.05) is 25.0 Å². The van der Waals surface area contributed by atoms with Crippen LogP contribution in [0, 0.1) is 5.82 Å². The third kappa shape index (κ3) is 4.04. The normalized spacial score (nSPS) is 15.8. The van der Waals surface area contributed by atoms with Crippen molar-refractivity contribution in [3.05, 3.63) is 54.2 Å². The van der Waals surface area contributed by atoms with E-state index >= 15 is 0 Å². The molecule has 160 valence electrons. The molecule has 2 aromatic heterocycles. The van der Waals surface area contributed by atoms with Crippen LogP contribution in [0.25, 0.3) is 16.8 Å². The van der Waals surface area contributed by atoms with Crippen LogP contribution < -0.4 is 15.5 Å². The molecular formula is C21H20FN5O4. The molecule has 1 aliphatic heterocycles. The van der Waals surface area contributed by atoms with Gasteiger partial charge in [-0.15, -0.1) is 0 Å². The Labute approximate surface area is 176 Å². The molecule has 0 saturated carbocycles. The highest BCUT2D eigenvalue weighted by Crippen LogP contribution is 2.29. The Morgan fingerprint density at radius 3 is 2.77 bits per heavy atom. The summed E-state index contributed by atoms with van der Waals surface area (Å²) in [4.78, 5) is 40.5. The molecule has 3 amide bonds. The van der Waals surface area contributed by atoms with Crippen LogP contribution in [0.1, 0.15) is 17.4 Å². The molecule has 1 saturated heterocycles. The third-order valence-corrected chi connectivity index (χ3v) is 4.94. The van der Waals surface area contributed by atoms with E-state index in [2.05, 4.69) is 15.6 Å². The maximum absolute atomic E-state index is 14.9. The van der Waals surface area contributed by atoms with Crippen molar-refractivity contribution in [3.63, 3.8) is 0 Å². The van der Waals surface area contributed by atoms with Crippen LogP contribution in [-0.2, 0) is 9.53 Å². The van der Waals surface area contributed by atoms with Crippen molar-refractivity contribution in [1.82, 2.24) is 20.0 Å². The molecule has 0 bridgehead atoms. The SMILES string of the molecule is CNC(=O)c1cn2cc(-c3ccc(N4C[C@H](CNC(C)=O)OC4=O)cc3F)ccc2n1. The number of rotatable bonds is 5. The Hall–Kier alpha value is -3.95. The predicted octanol–water partition coefficient (Wildman–Crippen LogP) is 1.96. The predicted molar refractivity (Wildman–Crippen MR) is 110 cm³/mol. The highest BCUT2D eigenvalue weighted by atomic mass is 19.1. The zero-order valence-electron chi connectivity index (χ0n) is 16.9. The van der Waals surface area contributed by atoms with Gasteiger partial charge >= 0.3 is 6.09 Å². The second-order valence-electron chi connectivity index (χ2n) is 7.11. The Bertz CT molecular complexity index is 1190. The molecule has 1 fully saturated rings. The molecule has 10 heteroatoms. The lowest BCUT2D eigenvalue weighted by atomic mass is 10.1. The van der Waals surface area contributed by atoms with Crippen LogP contribution >= 0.6 is 0 Å². The molecule has 1 aromatic carbocycles. The second-order valence-corrected chi connectivity index (χ2v) is 7.11. The van der Waals surface area contributed by atoms with Gasteiger partial charge in [-0.3, -0.25) is 14.5 Å². The fourth-order valence-electron chi connectivity index (χ4n) is 3.39. The molecule has 0 aliphatic carbocycles. The first-order valence-electron chi connectivity index (χ1n) is 9.59. The number of benzene rings is 1. The van der Waals surface area contributed by atoms with E-state index in [1.54, 1.807) is 41.1 Å². The highest BCUT2D eigenvalue weighted by Gasteiger charge is 2.32. The van der Waals surface area contributed by atoms with Crippen molar-refractivity contribution >= 4 is 29.2 Å². The molecule has 3 aromatic rings. The molecule has 9 nitrogen and oxygen atoms in total. The van der Waals surface area contributed by atoms with Gasteiger partial charge in [0, 0.05) is 37.5 Å². The number of carbonyl (C=O) groups is 3. The first kappa shape index (κ1) is 20.3. The molecule has 0 unspecified atom stereocenters. The van der Waals surface area contributed by atoms with Crippen LogP contribution in [0.15, 0.2) is 42.7 Å². The Balaban J connectivity index is 1.57. The number of anilines is 1. The number of imidazole rings is 1. The largest absolute Gasteiger partial charge is 0.442 e. The molecule has 31 heavy (non-hydrogen) atoms. The minimum Gasteiger partial charge on any atom is -0.442 e. The summed E-state index contributed by atoms with van der Waals surface area (Å²) in [6.07, 6.45) is 2.15. The molecule has 1 atom stereocenters. The Morgan fingerprint density at radius 1 is 1.26 bits per heavy atom. The number of pyridine rings is 1. The number of halogens is 1. The summed E-state index contributed by atoms with van der Waals surface area (Å²) < 4.78 is 21.8. The minimum atomic E-state index is -0.593. The Kier molecular flexibility index (Phi) is 5.28.